The average molecular weight is 476 g/mol. The number of anilines is 1. The molecule has 3 aromatic rings. The monoisotopic (exact) mass is 475 g/mol. The van der Waals surface area contributed by atoms with Gasteiger partial charge in [0.25, 0.3) is 5.91 Å². The van der Waals surface area contributed by atoms with Crippen molar-refractivity contribution in [2.75, 3.05) is 18.1 Å². The number of thiazole rings is 1. The fraction of sp³-hybridized carbons (Fsp3) is 0.286. The van der Waals surface area contributed by atoms with Crippen molar-refractivity contribution in [1.29, 1.82) is 0 Å². The van der Waals surface area contributed by atoms with E-state index in [0.717, 1.165) is 21.5 Å². The number of carbonyl (C=O) groups excluding carboxylic acids is 2. The summed E-state index contributed by atoms with van der Waals surface area (Å²) in [4.78, 5) is 30.0. The molecule has 2 heterocycles. The molecule has 1 atom stereocenters. The van der Waals surface area contributed by atoms with E-state index in [1.54, 1.807) is 0 Å². The predicted molar refractivity (Wildman–Crippen MR) is 125 cm³/mol. The van der Waals surface area contributed by atoms with Crippen LogP contribution >= 0.6 is 11.3 Å². The van der Waals surface area contributed by atoms with Gasteiger partial charge in [-0.15, -0.1) is 11.3 Å². The second kappa shape index (κ2) is 10.5. The van der Waals surface area contributed by atoms with Crippen LogP contribution in [0.5, 0.6) is 0 Å². The molecule has 9 nitrogen and oxygen atoms in total. The van der Waals surface area contributed by atoms with Gasteiger partial charge in [-0.1, -0.05) is 30.3 Å². The lowest BCUT2D eigenvalue weighted by Gasteiger charge is -2.17. The van der Waals surface area contributed by atoms with Crippen LogP contribution < -0.4 is 16.4 Å². The molecule has 0 fully saturated rings. The summed E-state index contributed by atoms with van der Waals surface area (Å²) in [5, 5.41) is 7.73. The molecule has 2 aromatic heterocycles. The van der Waals surface area contributed by atoms with E-state index in [1.165, 1.54) is 29.8 Å². The number of nitrogens with one attached hydrogen (secondary N) is 2. The largest absolute Gasteiger partial charge is 0.340 e. The van der Waals surface area contributed by atoms with E-state index in [4.69, 9.17) is 5.73 Å². The fourth-order valence-electron chi connectivity index (χ4n) is 2.99. The molecule has 11 heteroatoms. The number of unbranched alkanes of at least 4 members (excludes halogenated alkanes) is 1. The summed E-state index contributed by atoms with van der Waals surface area (Å²) in [6.45, 7) is 0.479. The number of carbonyl (C=O) groups is 2. The number of rotatable bonds is 10. The normalized spacial score (nSPS) is 12.3. The lowest BCUT2D eigenvalue weighted by atomic mass is 10.1. The lowest BCUT2D eigenvalue weighted by Crippen LogP contribution is -2.43. The second-order valence-electron chi connectivity index (χ2n) is 7.20. The van der Waals surface area contributed by atoms with Crippen molar-refractivity contribution in [3.8, 4) is 11.3 Å². The van der Waals surface area contributed by atoms with Crippen LogP contribution in [0.4, 0.5) is 5.13 Å². The molecule has 0 unspecified atom stereocenters. The zero-order valence-corrected chi connectivity index (χ0v) is 19.2. The highest BCUT2D eigenvalue weighted by molar-refractivity contribution is 7.89. The summed E-state index contributed by atoms with van der Waals surface area (Å²) < 4.78 is 24.2. The maximum absolute atomic E-state index is 12.9. The molecule has 0 spiro atoms. The molecular formula is C21H25N5O4S2. The molecule has 0 saturated heterocycles. The average Bonchev–Trinajstić information content (AvgIpc) is 3.43. The van der Waals surface area contributed by atoms with Gasteiger partial charge >= 0.3 is 0 Å². The Morgan fingerprint density at radius 2 is 1.94 bits per heavy atom. The topological polar surface area (TPSA) is 136 Å². The highest BCUT2D eigenvalue weighted by atomic mass is 32.2. The molecule has 32 heavy (non-hydrogen) atoms. The molecular weight excluding hydrogens is 450 g/mol. The first-order valence-electron chi connectivity index (χ1n) is 9.99. The summed E-state index contributed by atoms with van der Waals surface area (Å²) in [5.41, 5.74) is 7.38. The summed E-state index contributed by atoms with van der Waals surface area (Å²) in [6, 6.07) is 10.2. The van der Waals surface area contributed by atoms with Crippen molar-refractivity contribution in [2.24, 2.45) is 5.73 Å². The molecule has 0 saturated carbocycles. The molecule has 0 bridgehead atoms. The highest BCUT2D eigenvalue weighted by Gasteiger charge is 2.23. The molecule has 4 N–H and O–H groups in total. The van der Waals surface area contributed by atoms with E-state index in [-0.39, 0.29) is 5.56 Å². The van der Waals surface area contributed by atoms with E-state index < -0.39 is 27.9 Å². The van der Waals surface area contributed by atoms with Gasteiger partial charge in [-0.05, 0) is 31.9 Å². The molecule has 1 aromatic carbocycles. The van der Waals surface area contributed by atoms with E-state index in [9.17, 15) is 18.0 Å². The molecule has 0 aliphatic rings. The summed E-state index contributed by atoms with van der Waals surface area (Å²) in [6.07, 6.45) is 5.28. The van der Waals surface area contributed by atoms with Gasteiger partial charge in [-0.3, -0.25) is 13.6 Å². The minimum Gasteiger partial charge on any atom is -0.340 e. The maximum Gasteiger partial charge on any atom is 0.253 e. The third kappa shape index (κ3) is 6.25. The first-order valence-corrected chi connectivity index (χ1v) is 12.7. The van der Waals surface area contributed by atoms with Crippen LogP contribution in [0.3, 0.4) is 0 Å². The zero-order valence-electron chi connectivity index (χ0n) is 17.5. The Balaban J connectivity index is 1.70. The number of amides is 2. The van der Waals surface area contributed by atoms with Gasteiger partial charge in [0.15, 0.2) is 5.13 Å². The third-order valence-electron chi connectivity index (χ3n) is 4.69. The minimum absolute atomic E-state index is 0.146. The van der Waals surface area contributed by atoms with Crippen molar-refractivity contribution < 1.29 is 18.0 Å². The fourth-order valence-corrected chi connectivity index (χ4v) is 4.30. The molecule has 3 rings (SSSR count). The summed E-state index contributed by atoms with van der Waals surface area (Å²) in [5.74, 6) is -0.934. The van der Waals surface area contributed by atoms with E-state index in [1.807, 2.05) is 35.7 Å². The standard InChI is InChI=1S/C21H25N5O4S2/c1-32(29,30)26-12-10-16(13-26)19(27)23-17(9-5-6-11-22)20(28)25-21-24-18(14-31-21)15-7-3-2-4-8-15/h2-4,7-8,10,12-14,17H,5-6,9,11,22H2,1H3,(H,23,27)(H,24,25,28)/t17-/m0/s1. The number of hydrogen-bond donors (Lipinski definition) is 3. The Morgan fingerprint density at radius 3 is 2.59 bits per heavy atom. The number of nitrogens with two attached hydrogens (primary N) is 1. The molecule has 2 amide bonds. The first kappa shape index (κ1) is 23.6. The van der Waals surface area contributed by atoms with E-state index in [0.29, 0.717) is 30.9 Å². The van der Waals surface area contributed by atoms with Crippen LogP contribution in [0.25, 0.3) is 11.3 Å². The van der Waals surface area contributed by atoms with Crippen LogP contribution in [0.15, 0.2) is 54.2 Å². The van der Waals surface area contributed by atoms with Crippen molar-refractivity contribution in [3.63, 3.8) is 0 Å². The van der Waals surface area contributed by atoms with Gasteiger partial charge in [0.1, 0.15) is 6.04 Å². The maximum atomic E-state index is 12.9. The van der Waals surface area contributed by atoms with E-state index in [2.05, 4.69) is 15.6 Å². The van der Waals surface area contributed by atoms with Crippen molar-refractivity contribution in [3.05, 3.63) is 59.7 Å². The highest BCUT2D eigenvalue weighted by Crippen LogP contribution is 2.24. The first-order chi connectivity index (χ1) is 15.3. The third-order valence-corrected chi connectivity index (χ3v) is 6.44. The van der Waals surface area contributed by atoms with E-state index >= 15 is 0 Å². The molecule has 0 radical (unpaired) electrons. The van der Waals surface area contributed by atoms with Gasteiger partial charge in [0, 0.05) is 23.3 Å². The van der Waals surface area contributed by atoms with Crippen LogP contribution in [-0.2, 0) is 14.8 Å². The minimum atomic E-state index is -3.50. The second-order valence-corrected chi connectivity index (χ2v) is 9.94. The number of benzene rings is 1. The van der Waals surface area contributed by atoms with Crippen LogP contribution in [0.1, 0.15) is 29.6 Å². The summed E-state index contributed by atoms with van der Waals surface area (Å²) >= 11 is 1.29. The number of nitrogens with zero attached hydrogens (tertiary/aromatic N) is 2. The quantitative estimate of drug-likeness (QED) is 0.385. The van der Waals surface area contributed by atoms with Crippen molar-refractivity contribution in [2.45, 2.75) is 25.3 Å². The Bertz CT molecular complexity index is 1170. The van der Waals surface area contributed by atoms with Crippen LogP contribution in [0.2, 0.25) is 0 Å². The number of aromatic nitrogens is 2. The Kier molecular flexibility index (Phi) is 7.78. The van der Waals surface area contributed by atoms with Gasteiger partial charge in [-0.25, -0.2) is 13.4 Å². The zero-order chi connectivity index (χ0) is 23.1. The Labute approximate surface area is 190 Å². The van der Waals surface area contributed by atoms with Gasteiger partial charge in [-0.2, -0.15) is 0 Å². The van der Waals surface area contributed by atoms with Gasteiger partial charge in [0.05, 0.1) is 17.5 Å². The van der Waals surface area contributed by atoms with Crippen molar-refractivity contribution >= 4 is 38.3 Å². The van der Waals surface area contributed by atoms with Crippen molar-refractivity contribution in [1.82, 2.24) is 14.3 Å². The molecule has 170 valence electrons. The molecule has 0 aliphatic carbocycles. The van der Waals surface area contributed by atoms with Crippen LogP contribution in [-0.4, -0.2) is 48.0 Å². The Morgan fingerprint density at radius 1 is 1.19 bits per heavy atom. The molecule has 0 aliphatic heterocycles. The Hall–Kier alpha value is -3.02. The predicted octanol–water partition coefficient (Wildman–Crippen LogP) is 2.29. The smallest absolute Gasteiger partial charge is 0.253 e. The van der Waals surface area contributed by atoms with Gasteiger partial charge < -0.3 is 16.4 Å². The summed E-state index contributed by atoms with van der Waals surface area (Å²) in [7, 11) is -3.50. The SMILES string of the molecule is CS(=O)(=O)n1ccc(C(=O)N[C@@H](CCCCN)C(=O)Nc2nc(-c3ccccc3)cs2)c1. The van der Waals surface area contributed by atoms with Crippen LogP contribution in [0, 0.1) is 0 Å². The van der Waals surface area contributed by atoms with Gasteiger partial charge in [0.2, 0.25) is 15.9 Å². The number of hydrogen-bond acceptors (Lipinski definition) is 7. The lowest BCUT2D eigenvalue weighted by molar-refractivity contribution is -0.118.